The van der Waals surface area contributed by atoms with Gasteiger partial charge < -0.3 is 23.7 Å². The largest absolute Gasteiger partial charge is 0.491 e. The first kappa shape index (κ1) is 27.1. The third-order valence-corrected chi connectivity index (χ3v) is 7.64. The first-order valence-electron chi connectivity index (χ1n) is 14.0. The average molecular weight is 551 g/mol. The van der Waals surface area contributed by atoms with Crippen LogP contribution in [0.15, 0.2) is 97.1 Å². The summed E-state index contributed by atoms with van der Waals surface area (Å²) in [6.45, 7) is 7.72. The summed E-state index contributed by atoms with van der Waals surface area (Å²) in [4.78, 5) is 11.8. The molecule has 0 aliphatic carbocycles. The second kappa shape index (κ2) is 11.8. The molecule has 0 radical (unpaired) electrons. The zero-order valence-corrected chi connectivity index (χ0v) is 23.4. The standard InChI is InChI=1S/C21H24O4.C14H10O2/c1-21(2,15-3-7-17(8-4-15)22-11-19-13-24-19)16-5-9-18(10-6-16)23-12-20-14-25-20;15-14-13-8-4-3-7-12(13)11-6-2-1-5-10(11)9-16-14/h3-10,19-20H,11-14H2,1-2H3;1-8H,9H2. The quantitative estimate of drug-likeness (QED) is 0.182. The Morgan fingerprint density at radius 1 is 0.659 bits per heavy atom. The molecule has 41 heavy (non-hydrogen) atoms. The molecule has 2 unspecified atom stereocenters. The summed E-state index contributed by atoms with van der Waals surface area (Å²) < 4.78 is 27.0. The van der Waals surface area contributed by atoms with E-state index in [9.17, 15) is 4.79 Å². The normalized spacial score (nSPS) is 18.4. The lowest BCUT2D eigenvalue weighted by Crippen LogP contribution is -2.18. The predicted octanol–water partition coefficient (Wildman–Crippen LogP) is 6.59. The predicted molar refractivity (Wildman–Crippen MR) is 156 cm³/mol. The topological polar surface area (TPSA) is 69.8 Å². The van der Waals surface area contributed by atoms with Gasteiger partial charge in [0.1, 0.15) is 43.5 Å². The lowest BCUT2D eigenvalue weighted by atomic mass is 9.78. The van der Waals surface area contributed by atoms with Crippen molar-refractivity contribution in [3.8, 4) is 22.6 Å². The molecule has 7 rings (SSSR count). The summed E-state index contributed by atoms with van der Waals surface area (Å²) in [5, 5.41) is 0. The van der Waals surface area contributed by atoms with Gasteiger partial charge in [-0.15, -0.1) is 0 Å². The van der Waals surface area contributed by atoms with Crippen LogP contribution in [0.3, 0.4) is 0 Å². The highest BCUT2D eigenvalue weighted by atomic mass is 16.6. The molecule has 3 aliphatic rings. The Morgan fingerprint density at radius 2 is 1.12 bits per heavy atom. The Labute approximate surface area is 240 Å². The van der Waals surface area contributed by atoms with Crippen molar-refractivity contribution in [2.45, 2.75) is 38.1 Å². The van der Waals surface area contributed by atoms with E-state index in [0.717, 1.165) is 41.4 Å². The molecule has 3 aliphatic heterocycles. The van der Waals surface area contributed by atoms with Crippen molar-refractivity contribution in [3.63, 3.8) is 0 Å². The Kier molecular flexibility index (Phi) is 7.77. The second-order valence-corrected chi connectivity index (χ2v) is 11.0. The molecule has 4 aromatic rings. The van der Waals surface area contributed by atoms with Crippen molar-refractivity contribution in [2.24, 2.45) is 0 Å². The van der Waals surface area contributed by atoms with Crippen LogP contribution in [-0.2, 0) is 26.2 Å². The number of carbonyl (C=O) groups is 1. The molecule has 0 N–H and O–H groups in total. The number of hydrogen-bond donors (Lipinski definition) is 0. The van der Waals surface area contributed by atoms with Gasteiger partial charge in [-0.2, -0.15) is 0 Å². The van der Waals surface area contributed by atoms with Gasteiger partial charge in [0, 0.05) is 5.41 Å². The van der Waals surface area contributed by atoms with Crippen LogP contribution in [0.1, 0.15) is 40.9 Å². The fourth-order valence-corrected chi connectivity index (χ4v) is 4.84. The summed E-state index contributed by atoms with van der Waals surface area (Å²) in [5.41, 5.74) is 6.17. The maximum absolute atomic E-state index is 11.8. The van der Waals surface area contributed by atoms with Gasteiger partial charge in [-0.1, -0.05) is 80.6 Å². The molecule has 4 aromatic carbocycles. The van der Waals surface area contributed by atoms with Crippen molar-refractivity contribution < 1.29 is 28.5 Å². The second-order valence-electron chi connectivity index (χ2n) is 11.0. The van der Waals surface area contributed by atoms with E-state index in [1.807, 2.05) is 66.7 Å². The smallest absolute Gasteiger partial charge is 0.339 e. The van der Waals surface area contributed by atoms with Gasteiger partial charge >= 0.3 is 5.97 Å². The minimum absolute atomic E-state index is 0.0870. The van der Waals surface area contributed by atoms with E-state index >= 15 is 0 Å². The molecule has 0 aromatic heterocycles. The third-order valence-electron chi connectivity index (χ3n) is 7.64. The highest BCUT2D eigenvalue weighted by Gasteiger charge is 2.26. The lowest BCUT2D eigenvalue weighted by molar-refractivity contribution is 0.0479. The highest BCUT2D eigenvalue weighted by molar-refractivity contribution is 5.98. The Morgan fingerprint density at radius 3 is 1.63 bits per heavy atom. The van der Waals surface area contributed by atoms with Crippen LogP contribution in [0.4, 0.5) is 0 Å². The Hall–Kier alpha value is -4.13. The van der Waals surface area contributed by atoms with Crippen LogP contribution in [0.25, 0.3) is 11.1 Å². The van der Waals surface area contributed by atoms with Crippen LogP contribution in [0, 0.1) is 0 Å². The maximum atomic E-state index is 11.8. The molecule has 3 heterocycles. The van der Waals surface area contributed by atoms with E-state index in [1.165, 1.54) is 11.1 Å². The van der Waals surface area contributed by atoms with Crippen LogP contribution in [0.2, 0.25) is 0 Å². The van der Waals surface area contributed by atoms with Crippen LogP contribution >= 0.6 is 0 Å². The van der Waals surface area contributed by atoms with Crippen LogP contribution < -0.4 is 9.47 Å². The van der Waals surface area contributed by atoms with E-state index < -0.39 is 0 Å². The average Bonchev–Trinajstić information content (AvgIpc) is 3.94. The van der Waals surface area contributed by atoms with E-state index in [2.05, 4.69) is 38.1 Å². The first-order chi connectivity index (χ1) is 20.0. The zero-order valence-electron chi connectivity index (χ0n) is 23.4. The van der Waals surface area contributed by atoms with Gasteiger partial charge in [-0.05, 0) is 58.1 Å². The van der Waals surface area contributed by atoms with Crippen molar-refractivity contribution >= 4 is 5.97 Å². The minimum atomic E-state index is -0.244. The number of hydrogen-bond acceptors (Lipinski definition) is 6. The number of epoxide rings is 2. The van der Waals surface area contributed by atoms with Gasteiger partial charge in [0.2, 0.25) is 0 Å². The summed E-state index contributed by atoms with van der Waals surface area (Å²) in [6.07, 6.45) is 0.562. The molecule has 0 saturated carbocycles. The number of esters is 1. The number of cyclic esters (lactones) is 1. The van der Waals surface area contributed by atoms with Gasteiger partial charge in [0.15, 0.2) is 0 Å². The van der Waals surface area contributed by atoms with Gasteiger partial charge in [-0.25, -0.2) is 4.79 Å². The minimum Gasteiger partial charge on any atom is -0.491 e. The highest BCUT2D eigenvalue weighted by Crippen LogP contribution is 2.34. The molecule has 6 nitrogen and oxygen atoms in total. The molecule has 2 fully saturated rings. The fourth-order valence-electron chi connectivity index (χ4n) is 4.84. The summed E-state index contributed by atoms with van der Waals surface area (Å²) in [5.74, 6) is 1.54. The molecular weight excluding hydrogens is 516 g/mol. The SMILES string of the molecule is CC(C)(c1ccc(OCC2CO2)cc1)c1ccc(OCC2CO2)cc1.O=C1OCc2ccccc2-c2ccccc21. The van der Waals surface area contributed by atoms with Crippen molar-refractivity contribution in [3.05, 3.63) is 119 Å². The molecule has 0 amide bonds. The molecular formula is C35H34O6. The first-order valence-corrected chi connectivity index (χ1v) is 14.0. The van der Waals surface area contributed by atoms with E-state index in [-0.39, 0.29) is 23.6 Å². The zero-order chi connectivity index (χ0) is 28.2. The number of fused-ring (bicyclic) bond motifs is 3. The molecule has 210 valence electrons. The number of ether oxygens (including phenoxy) is 5. The van der Waals surface area contributed by atoms with Gasteiger partial charge in [0.25, 0.3) is 0 Å². The van der Waals surface area contributed by atoms with Crippen molar-refractivity contribution in [1.29, 1.82) is 0 Å². The Bertz CT molecular complexity index is 1420. The number of carbonyl (C=O) groups excluding carboxylic acids is 1. The molecule has 0 bridgehead atoms. The molecule has 2 atom stereocenters. The number of benzene rings is 4. The van der Waals surface area contributed by atoms with Crippen LogP contribution in [0.5, 0.6) is 11.5 Å². The molecule has 2 saturated heterocycles. The summed E-state index contributed by atoms with van der Waals surface area (Å²) in [7, 11) is 0. The maximum Gasteiger partial charge on any atom is 0.339 e. The van der Waals surface area contributed by atoms with Crippen molar-refractivity contribution in [1.82, 2.24) is 0 Å². The van der Waals surface area contributed by atoms with E-state index in [0.29, 0.717) is 25.4 Å². The monoisotopic (exact) mass is 550 g/mol. The van der Waals surface area contributed by atoms with Crippen LogP contribution in [-0.4, -0.2) is 44.6 Å². The van der Waals surface area contributed by atoms with E-state index in [1.54, 1.807) is 6.07 Å². The van der Waals surface area contributed by atoms with Crippen molar-refractivity contribution in [2.75, 3.05) is 26.4 Å². The summed E-state index contributed by atoms with van der Waals surface area (Å²) in [6, 6.07) is 32.2. The Balaban J connectivity index is 0.000000162. The number of rotatable bonds is 8. The third kappa shape index (κ3) is 6.62. The molecule has 0 spiro atoms. The fraction of sp³-hybridized carbons (Fsp3) is 0.286. The summed E-state index contributed by atoms with van der Waals surface area (Å²) >= 11 is 0. The lowest BCUT2D eigenvalue weighted by Gasteiger charge is -2.26. The van der Waals surface area contributed by atoms with Gasteiger partial charge in [-0.3, -0.25) is 0 Å². The van der Waals surface area contributed by atoms with E-state index in [4.69, 9.17) is 23.7 Å². The van der Waals surface area contributed by atoms with Gasteiger partial charge in [0.05, 0.1) is 18.8 Å². The molecule has 6 heteroatoms.